The number of aromatic nitrogens is 3. The third-order valence-electron chi connectivity index (χ3n) is 5.28. The number of amides is 1. The summed E-state index contributed by atoms with van der Waals surface area (Å²) < 4.78 is 18.9. The van der Waals surface area contributed by atoms with Gasteiger partial charge in [-0.3, -0.25) is 9.36 Å². The molecule has 5 rings (SSSR count). The summed E-state index contributed by atoms with van der Waals surface area (Å²) in [7, 11) is 0. The number of rotatable bonds is 9. The lowest BCUT2D eigenvalue weighted by atomic mass is 10.2. The van der Waals surface area contributed by atoms with Crippen LogP contribution in [-0.2, 0) is 11.4 Å². The SMILES string of the molecule is O=C(CCSc1nnc(COc2ccc(Cl)cc2)n1-c1ccccc1)Nc1ccc2c(c1)OCCO2. The summed E-state index contributed by atoms with van der Waals surface area (Å²) in [4.78, 5) is 12.5. The predicted octanol–water partition coefficient (Wildman–Crippen LogP) is 5.39. The molecule has 0 saturated heterocycles. The number of benzene rings is 3. The van der Waals surface area contributed by atoms with Gasteiger partial charge < -0.3 is 19.5 Å². The largest absolute Gasteiger partial charge is 0.486 e. The van der Waals surface area contributed by atoms with Crippen LogP contribution in [0.3, 0.4) is 0 Å². The highest BCUT2D eigenvalue weighted by Crippen LogP contribution is 2.32. The van der Waals surface area contributed by atoms with Gasteiger partial charge in [-0.15, -0.1) is 10.2 Å². The molecule has 0 unspecified atom stereocenters. The van der Waals surface area contributed by atoms with E-state index in [4.69, 9.17) is 25.8 Å². The Morgan fingerprint density at radius 3 is 2.58 bits per heavy atom. The van der Waals surface area contributed by atoms with Gasteiger partial charge in [0.1, 0.15) is 25.6 Å². The van der Waals surface area contributed by atoms with Crippen LogP contribution in [0, 0.1) is 0 Å². The van der Waals surface area contributed by atoms with Gasteiger partial charge in [-0.25, -0.2) is 0 Å². The first kappa shape index (κ1) is 24.0. The van der Waals surface area contributed by atoms with E-state index in [2.05, 4.69) is 15.5 Å². The van der Waals surface area contributed by atoms with E-state index in [-0.39, 0.29) is 12.5 Å². The molecule has 1 N–H and O–H groups in total. The van der Waals surface area contributed by atoms with Crippen LogP contribution in [0.5, 0.6) is 17.2 Å². The number of nitrogens with one attached hydrogen (secondary N) is 1. The third kappa shape index (κ3) is 5.92. The molecule has 8 nitrogen and oxygen atoms in total. The molecule has 1 aromatic heterocycles. The monoisotopic (exact) mass is 522 g/mol. The smallest absolute Gasteiger partial charge is 0.225 e. The molecule has 3 aromatic carbocycles. The maximum atomic E-state index is 12.5. The zero-order chi connectivity index (χ0) is 24.7. The molecule has 1 amide bonds. The molecule has 10 heteroatoms. The second-order valence-corrected chi connectivity index (χ2v) is 9.32. The van der Waals surface area contributed by atoms with Crippen LogP contribution in [-0.4, -0.2) is 39.6 Å². The number of hydrogen-bond donors (Lipinski definition) is 1. The first-order valence-electron chi connectivity index (χ1n) is 11.4. The number of carbonyl (C=O) groups is 1. The van der Waals surface area contributed by atoms with Gasteiger partial charge in [0.05, 0.1) is 0 Å². The Bertz CT molecular complexity index is 1330. The number of hydrogen-bond acceptors (Lipinski definition) is 7. The third-order valence-corrected chi connectivity index (χ3v) is 6.47. The second kappa shape index (κ2) is 11.4. The molecular formula is C26H23ClN4O4S. The lowest BCUT2D eigenvalue weighted by Crippen LogP contribution is -2.16. The van der Waals surface area contributed by atoms with Crippen molar-refractivity contribution in [3.8, 4) is 22.9 Å². The molecule has 1 aliphatic rings. The van der Waals surface area contributed by atoms with Gasteiger partial charge in [0.2, 0.25) is 5.91 Å². The minimum atomic E-state index is -0.101. The van der Waals surface area contributed by atoms with E-state index >= 15 is 0 Å². The molecule has 0 radical (unpaired) electrons. The molecule has 184 valence electrons. The average molecular weight is 523 g/mol. The lowest BCUT2D eigenvalue weighted by Gasteiger charge is -2.19. The lowest BCUT2D eigenvalue weighted by molar-refractivity contribution is -0.115. The highest BCUT2D eigenvalue weighted by atomic mass is 35.5. The van der Waals surface area contributed by atoms with Gasteiger partial charge in [0.15, 0.2) is 22.5 Å². The predicted molar refractivity (Wildman–Crippen MR) is 139 cm³/mol. The maximum Gasteiger partial charge on any atom is 0.225 e. The van der Waals surface area contributed by atoms with Crippen molar-refractivity contribution in [2.45, 2.75) is 18.2 Å². The quantitative estimate of drug-likeness (QED) is 0.295. The van der Waals surface area contributed by atoms with Crippen LogP contribution in [0.2, 0.25) is 5.02 Å². The summed E-state index contributed by atoms with van der Waals surface area (Å²) >= 11 is 7.42. The van der Waals surface area contributed by atoms with E-state index < -0.39 is 0 Å². The van der Waals surface area contributed by atoms with E-state index in [1.165, 1.54) is 11.8 Å². The van der Waals surface area contributed by atoms with Crippen molar-refractivity contribution in [1.29, 1.82) is 0 Å². The molecule has 36 heavy (non-hydrogen) atoms. The molecule has 0 saturated carbocycles. The highest BCUT2D eigenvalue weighted by molar-refractivity contribution is 7.99. The van der Waals surface area contributed by atoms with Crippen LogP contribution >= 0.6 is 23.4 Å². The Kier molecular flexibility index (Phi) is 7.58. The first-order chi connectivity index (χ1) is 17.7. The van der Waals surface area contributed by atoms with Crippen LogP contribution in [0.25, 0.3) is 5.69 Å². The van der Waals surface area contributed by atoms with Crippen LogP contribution in [0.15, 0.2) is 78.0 Å². The van der Waals surface area contributed by atoms with Gasteiger partial charge in [-0.1, -0.05) is 41.6 Å². The molecule has 4 aromatic rings. The van der Waals surface area contributed by atoms with Crippen molar-refractivity contribution >= 4 is 35.0 Å². The number of ether oxygens (including phenoxy) is 3. The molecule has 2 heterocycles. The minimum Gasteiger partial charge on any atom is -0.486 e. The second-order valence-electron chi connectivity index (χ2n) is 7.82. The van der Waals surface area contributed by atoms with Gasteiger partial charge >= 0.3 is 0 Å². The van der Waals surface area contributed by atoms with Crippen molar-refractivity contribution in [1.82, 2.24) is 14.8 Å². The molecule has 0 fully saturated rings. The number of carbonyl (C=O) groups excluding carboxylic acids is 1. The van der Waals surface area contributed by atoms with E-state index in [1.807, 2.05) is 47.0 Å². The molecule has 0 aliphatic carbocycles. The Labute approximate surface area is 217 Å². The number of fused-ring (bicyclic) bond motifs is 1. The van der Waals surface area contributed by atoms with Crippen molar-refractivity contribution in [3.05, 3.63) is 83.6 Å². The fraction of sp³-hybridized carbons (Fsp3) is 0.192. The normalized spacial score (nSPS) is 12.2. The first-order valence-corrected chi connectivity index (χ1v) is 12.7. The number of halogens is 1. The number of thioether (sulfide) groups is 1. The number of para-hydroxylation sites is 1. The van der Waals surface area contributed by atoms with Crippen LogP contribution < -0.4 is 19.5 Å². The Morgan fingerprint density at radius 2 is 1.78 bits per heavy atom. The number of anilines is 1. The summed E-state index contributed by atoms with van der Waals surface area (Å²) in [6, 6.07) is 22.4. The highest BCUT2D eigenvalue weighted by Gasteiger charge is 2.17. The zero-order valence-electron chi connectivity index (χ0n) is 19.2. The molecule has 0 spiro atoms. The molecule has 0 atom stereocenters. The summed E-state index contributed by atoms with van der Waals surface area (Å²) in [6.07, 6.45) is 0.303. The van der Waals surface area contributed by atoms with E-state index in [0.29, 0.717) is 64.3 Å². The summed E-state index contributed by atoms with van der Waals surface area (Å²) in [5, 5.41) is 12.9. The van der Waals surface area contributed by atoms with E-state index in [9.17, 15) is 4.79 Å². The average Bonchev–Trinajstić information content (AvgIpc) is 3.31. The number of nitrogens with zero attached hydrogens (tertiary/aromatic N) is 3. The van der Waals surface area contributed by atoms with Gasteiger partial charge in [0, 0.05) is 34.6 Å². The van der Waals surface area contributed by atoms with Crippen LogP contribution in [0.4, 0.5) is 5.69 Å². The summed E-state index contributed by atoms with van der Waals surface area (Å²) in [5.41, 5.74) is 1.59. The van der Waals surface area contributed by atoms with Crippen molar-refractivity contribution in [2.75, 3.05) is 24.3 Å². The van der Waals surface area contributed by atoms with Crippen molar-refractivity contribution in [3.63, 3.8) is 0 Å². The minimum absolute atomic E-state index is 0.101. The Morgan fingerprint density at radius 1 is 1.00 bits per heavy atom. The van der Waals surface area contributed by atoms with Crippen molar-refractivity contribution in [2.24, 2.45) is 0 Å². The van der Waals surface area contributed by atoms with Gasteiger partial charge in [0.25, 0.3) is 0 Å². The fourth-order valence-electron chi connectivity index (χ4n) is 3.58. The standard InChI is InChI=1S/C26H23ClN4O4S/c27-18-6-9-21(10-7-18)35-17-24-29-30-26(31(24)20-4-2-1-3-5-20)36-15-12-25(32)28-19-8-11-22-23(16-19)34-14-13-33-22/h1-11,16H,12-15,17H2,(H,28,32). The topological polar surface area (TPSA) is 87.5 Å². The van der Waals surface area contributed by atoms with Crippen molar-refractivity contribution < 1.29 is 19.0 Å². The molecule has 0 bridgehead atoms. The van der Waals surface area contributed by atoms with Gasteiger partial charge in [-0.2, -0.15) is 0 Å². The van der Waals surface area contributed by atoms with Crippen LogP contribution in [0.1, 0.15) is 12.2 Å². The summed E-state index contributed by atoms with van der Waals surface area (Å²) in [5.74, 6) is 3.09. The Balaban J connectivity index is 1.22. The maximum absolute atomic E-state index is 12.5. The van der Waals surface area contributed by atoms with E-state index in [0.717, 1.165) is 5.69 Å². The van der Waals surface area contributed by atoms with Gasteiger partial charge in [-0.05, 0) is 48.5 Å². The Hall–Kier alpha value is -3.69. The van der Waals surface area contributed by atoms with E-state index in [1.54, 1.807) is 30.3 Å². The fourth-order valence-corrected chi connectivity index (χ4v) is 4.62. The molecule has 1 aliphatic heterocycles. The summed E-state index contributed by atoms with van der Waals surface area (Å²) in [6.45, 7) is 1.25. The molecular weight excluding hydrogens is 500 g/mol. The zero-order valence-corrected chi connectivity index (χ0v) is 20.8.